The van der Waals surface area contributed by atoms with Gasteiger partial charge in [0.15, 0.2) is 0 Å². The van der Waals surface area contributed by atoms with Gasteiger partial charge in [0, 0.05) is 9.35 Å². The monoisotopic (exact) mass is 414 g/mol. The van der Waals surface area contributed by atoms with E-state index >= 15 is 0 Å². The molecule has 0 bridgehead atoms. The molecule has 1 amide bonds. The smallest absolute Gasteiger partial charge is 0.275 e. The fraction of sp³-hybridized carbons (Fsp3) is 0.0526. The molecule has 0 aliphatic heterocycles. The van der Waals surface area contributed by atoms with E-state index in [0.717, 1.165) is 14.9 Å². The van der Waals surface area contributed by atoms with Gasteiger partial charge in [-0.1, -0.05) is 46.3 Å². The third kappa shape index (κ3) is 5.01. The zero-order chi connectivity index (χ0) is 17.5. The van der Waals surface area contributed by atoms with Gasteiger partial charge in [0.05, 0.1) is 11.8 Å². The van der Waals surface area contributed by atoms with Crippen LogP contribution in [-0.2, 0) is 6.61 Å². The second-order valence-electron chi connectivity index (χ2n) is 5.13. The van der Waals surface area contributed by atoms with Crippen molar-refractivity contribution in [1.82, 2.24) is 5.43 Å². The lowest BCUT2D eigenvalue weighted by atomic mass is 10.2. The normalized spacial score (nSPS) is 10.8. The summed E-state index contributed by atoms with van der Waals surface area (Å²) in [7, 11) is 0. The maximum Gasteiger partial charge on any atom is 0.275 e. The highest BCUT2D eigenvalue weighted by Crippen LogP contribution is 2.20. The van der Waals surface area contributed by atoms with Crippen molar-refractivity contribution in [1.29, 1.82) is 0 Å². The van der Waals surface area contributed by atoms with Crippen molar-refractivity contribution in [2.45, 2.75) is 6.61 Å². The van der Waals surface area contributed by atoms with Crippen LogP contribution in [0.1, 0.15) is 20.8 Å². The predicted octanol–water partition coefficient (Wildman–Crippen LogP) is 4.85. The fourth-order valence-corrected chi connectivity index (χ4v) is 3.18. The maximum absolute atomic E-state index is 12.4. The van der Waals surface area contributed by atoms with Gasteiger partial charge in [-0.3, -0.25) is 4.79 Å². The molecule has 0 unspecified atom stereocenters. The van der Waals surface area contributed by atoms with E-state index in [1.54, 1.807) is 35.8 Å². The lowest BCUT2D eigenvalue weighted by Gasteiger charge is -2.10. The van der Waals surface area contributed by atoms with Crippen LogP contribution in [0.2, 0.25) is 0 Å². The van der Waals surface area contributed by atoms with Crippen molar-refractivity contribution in [3.05, 3.63) is 86.5 Å². The zero-order valence-corrected chi connectivity index (χ0v) is 15.6. The molecule has 6 heteroatoms. The summed E-state index contributed by atoms with van der Waals surface area (Å²) in [6.07, 6.45) is 1.62. The van der Waals surface area contributed by atoms with Gasteiger partial charge in [0.1, 0.15) is 12.4 Å². The number of thiophene rings is 1. The van der Waals surface area contributed by atoms with E-state index in [1.165, 1.54) is 0 Å². The standard InChI is InChI=1S/C19H15BrN2O2S/c20-15-6-3-5-14(11-15)13-24-18-9-2-1-8-17(18)19(23)22-21-12-16-7-4-10-25-16/h1-12H,13H2,(H,22,23)/b21-12+. The molecular formula is C19H15BrN2O2S. The molecule has 4 nitrogen and oxygen atoms in total. The topological polar surface area (TPSA) is 50.7 Å². The molecule has 0 atom stereocenters. The Kier molecular flexibility index (Phi) is 5.98. The van der Waals surface area contributed by atoms with Gasteiger partial charge >= 0.3 is 0 Å². The Morgan fingerprint density at radius 1 is 1.16 bits per heavy atom. The summed E-state index contributed by atoms with van der Waals surface area (Å²) >= 11 is 4.99. The summed E-state index contributed by atoms with van der Waals surface area (Å²) in [5, 5.41) is 5.94. The number of nitrogens with zero attached hydrogens (tertiary/aromatic N) is 1. The largest absolute Gasteiger partial charge is 0.488 e. The molecule has 0 fully saturated rings. The second-order valence-corrected chi connectivity index (χ2v) is 7.02. The summed E-state index contributed by atoms with van der Waals surface area (Å²) in [5.74, 6) is 0.212. The van der Waals surface area contributed by atoms with Gasteiger partial charge in [-0.15, -0.1) is 11.3 Å². The van der Waals surface area contributed by atoms with Crippen LogP contribution in [0.5, 0.6) is 5.75 Å². The quantitative estimate of drug-likeness (QED) is 0.462. The predicted molar refractivity (Wildman–Crippen MR) is 104 cm³/mol. The van der Waals surface area contributed by atoms with Crippen LogP contribution in [-0.4, -0.2) is 12.1 Å². The van der Waals surface area contributed by atoms with E-state index in [-0.39, 0.29) is 5.91 Å². The highest BCUT2D eigenvalue weighted by Gasteiger charge is 2.11. The van der Waals surface area contributed by atoms with Crippen molar-refractivity contribution in [2.75, 3.05) is 0 Å². The van der Waals surface area contributed by atoms with Crippen LogP contribution in [0, 0.1) is 0 Å². The molecular weight excluding hydrogens is 400 g/mol. The first-order valence-electron chi connectivity index (χ1n) is 7.55. The maximum atomic E-state index is 12.4. The molecule has 0 saturated heterocycles. The molecule has 3 rings (SSSR count). The molecule has 1 aromatic heterocycles. The van der Waals surface area contributed by atoms with Gasteiger partial charge in [0.25, 0.3) is 5.91 Å². The van der Waals surface area contributed by atoms with Crippen molar-refractivity contribution < 1.29 is 9.53 Å². The number of rotatable bonds is 6. The molecule has 25 heavy (non-hydrogen) atoms. The highest BCUT2D eigenvalue weighted by molar-refractivity contribution is 9.10. The number of hydrazone groups is 1. The molecule has 0 radical (unpaired) electrons. The number of hydrogen-bond acceptors (Lipinski definition) is 4. The molecule has 3 aromatic rings. The lowest BCUT2D eigenvalue weighted by Crippen LogP contribution is -2.18. The van der Waals surface area contributed by atoms with Crippen molar-refractivity contribution in [3.8, 4) is 5.75 Å². The molecule has 2 aromatic carbocycles. The van der Waals surface area contributed by atoms with Crippen LogP contribution in [0.4, 0.5) is 0 Å². The second kappa shape index (κ2) is 8.60. The lowest BCUT2D eigenvalue weighted by molar-refractivity contribution is 0.0950. The first-order valence-corrected chi connectivity index (χ1v) is 9.23. The van der Waals surface area contributed by atoms with E-state index < -0.39 is 0 Å². The summed E-state index contributed by atoms with van der Waals surface area (Å²) in [4.78, 5) is 13.3. The van der Waals surface area contributed by atoms with E-state index in [4.69, 9.17) is 4.74 Å². The average molecular weight is 415 g/mol. The van der Waals surface area contributed by atoms with Crippen LogP contribution < -0.4 is 10.2 Å². The number of halogens is 1. The third-order valence-corrected chi connectivity index (χ3v) is 4.62. The van der Waals surface area contributed by atoms with E-state index in [0.29, 0.717) is 17.9 Å². The molecule has 0 spiro atoms. The number of carbonyl (C=O) groups is 1. The molecule has 1 N–H and O–H groups in total. The number of nitrogens with one attached hydrogen (secondary N) is 1. The highest BCUT2D eigenvalue weighted by atomic mass is 79.9. The first kappa shape index (κ1) is 17.4. The van der Waals surface area contributed by atoms with Crippen LogP contribution in [0.3, 0.4) is 0 Å². The zero-order valence-electron chi connectivity index (χ0n) is 13.2. The molecule has 126 valence electrons. The van der Waals surface area contributed by atoms with E-state index in [9.17, 15) is 4.79 Å². The fourth-order valence-electron chi connectivity index (χ4n) is 2.15. The number of carbonyl (C=O) groups excluding carboxylic acids is 1. The number of para-hydroxylation sites is 1. The van der Waals surface area contributed by atoms with Gasteiger partial charge in [-0.05, 0) is 41.3 Å². The number of hydrogen-bond donors (Lipinski definition) is 1. The third-order valence-electron chi connectivity index (χ3n) is 3.32. The summed E-state index contributed by atoms with van der Waals surface area (Å²) in [5.41, 5.74) is 3.99. The summed E-state index contributed by atoms with van der Waals surface area (Å²) < 4.78 is 6.81. The van der Waals surface area contributed by atoms with Gasteiger partial charge in [-0.25, -0.2) is 5.43 Å². The van der Waals surface area contributed by atoms with Crippen LogP contribution >= 0.6 is 27.3 Å². The number of ether oxygens (including phenoxy) is 1. The number of benzene rings is 2. The van der Waals surface area contributed by atoms with E-state index in [1.807, 2.05) is 47.8 Å². The van der Waals surface area contributed by atoms with Crippen molar-refractivity contribution >= 4 is 39.4 Å². The first-order chi connectivity index (χ1) is 12.2. The Hall–Kier alpha value is -2.44. The molecule has 0 aliphatic carbocycles. The van der Waals surface area contributed by atoms with Crippen LogP contribution in [0.25, 0.3) is 0 Å². The van der Waals surface area contributed by atoms with Gasteiger partial charge in [0.2, 0.25) is 0 Å². The minimum absolute atomic E-state index is 0.308. The Balaban J connectivity index is 1.66. The summed E-state index contributed by atoms with van der Waals surface area (Å²) in [6.45, 7) is 0.377. The van der Waals surface area contributed by atoms with Gasteiger partial charge < -0.3 is 4.74 Å². The molecule has 0 aliphatic rings. The van der Waals surface area contributed by atoms with Crippen molar-refractivity contribution in [3.63, 3.8) is 0 Å². The Labute approximate surface area is 158 Å². The van der Waals surface area contributed by atoms with Crippen molar-refractivity contribution in [2.24, 2.45) is 5.10 Å². The summed E-state index contributed by atoms with van der Waals surface area (Å²) in [6, 6.07) is 18.8. The Morgan fingerprint density at radius 2 is 2.04 bits per heavy atom. The molecule has 1 heterocycles. The molecule has 0 saturated carbocycles. The SMILES string of the molecule is O=C(N/N=C/c1cccs1)c1ccccc1OCc1cccc(Br)c1. The van der Waals surface area contributed by atoms with E-state index in [2.05, 4.69) is 26.5 Å². The van der Waals surface area contributed by atoms with Gasteiger partial charge in [-0.2, -0.15) is 5.10 Å². The Bertz CT molecular complexity index is 879. The van der Waals surface area contributed by atoms with Crippen LogP contribution in [0.15, 0.2) is 75.6 Å². The number of amides is 1. The minimum Gasteiger partial charge on any atom is -0.488 e. The minimum atomic E-state index is -0.308. The Morgan fingerprint density at radius 3 is 2.84 bits per heavy atom. The average Bonchev–Trinajstić information content (AvgIpc) is 3.14.